The van der Waals surface area contributed by atoms with E-state index in [1.165, 1.54) is 6.07 Å². The number of carbonyl (C=O) groups excluding carboxylic acids is 1. The molecule has 0 saturated carbocycles. The highest BCUT2D eigenvalue weighted by atomic mass is 19.4. The molecule has 3 aliphatic heterocycles. The molecular formula is C24H26F3N7O2. The number of ether oxygens (including phenoxy) is 1. The van der Waals surface area contributed by atoms with Gasteiger partial charge in [-0.2, -0.15) is 18.3 Å². The Hall–Kier alpha value is -3.28. The Bertz CT molecular complexity index is 1280. The van der Waals surface area contributed by atoms with Gasteiger partial charge in [-0.25, -0.2) is 19.6 Å². The smallest absolute Gasteiger partial charge is 0.377 e. The number of pyridine rings is 1. The van der Waals surface area contributed by atoms with Gasteiger partial charge in [0.05, 0.1) is 31.2 Å². The Morgan fingerprint density at radius 1 is 1.08 bits per heavy atom. The van der Waals surface area contributed by atoms with Gasteiger partial charge in [0.1, 0.15) is 23.2 Å². The summed E-state index contributed by atoms with van der Waals surface area (Å²) in [5, 5.41) is 4.43. The van der Waals surface area contributed by atoms with Crippen molar-refractivity contribution in [2.24, 2.45) is 5.41 Å². The number of alkyl halides is 3. The minimum absolute atomic E-state index is 0.0876. The summed E-state index contributed by atoms with van der Waals surface area (Å²) in [5.41, 5.74) is 0.405. The molecule has 6 rings (SSSR count). The van der Waals surface area contributed by atoms with E-state index < -0.39 is 11.7 Å². The highest BCUT2D eigenvalue weighted by Crippen LogP contribution is 2.49. The Labute approximate surface area is 205 Å². The van der Waals surface area contributed by atoms with Crippen LogP contribution in [0.3, 0.4) is 0 Å². The fraction of sp³-hybridized carbons (Fsp3) is 0.542. The molecule has 0 aliphatic carbocycles. The third-order valence-electron chi connectivity index (χ3n) is 7.84. The first kappa shape index (κ1) is 23.1. The average molecular weight is 502 g/mol. The molecule has 0 bridgehead atoms. The minimum atomic E-state index is -4.46. The summed E-state index contributed by atoms with van der Waals surface area (Å²) in [6.45, 7) is 4.66. The topological polar surface area (TPSA) is 89.3 Å². The van der Waals surface area contributed by atoms with Gasteiger partial charge < -0.3 is 9.64 Å². The second-order valence-corrected chi connectivity index (χ2v) is 9.83. The maximum absolute atomic E-state index is 13.1. The van der Waals surface area contributed by atoms with E-state index in [0.717, 1.165) is 42.1 Å². The van der Waals surface area contributed by atoms with Crippen LogP contribution >= 0.6 is 0 Å². The van der Waals surface area contributed by atoms with Gasteiger partial charge in [-0.15, -0.1) is 0 Å². The lowest BCUT2D eigenvalue weighted by atomic mass is 9.71. The maximum atomic E-state index is 13.1. The van der Waals surface area contributed by atoms with E-state index >= 15 is 0 Å². The molecule has 3 fully saturated rings. The van der Waals surface area contributed by atoms with E-state index in [-0.39, 0.29) is 29.2 Å². The number of anilines is 2. The molecule has 3 aromatic heterocycles. The first-order valence-corrected chi connectivity index (χ1v) is 12.2. The Morgan fingerprint density at radius 3 is 2.47 bits per heavy atom. The molecule has 36 heavy (non-hydrogen) atoms. The Balaban J connectivity index is 1.21. The van der Waals surface area contributed by atoms with Gasteiger partial charge >= 0.3 is 6.18 Å². The van der Waals surface area contributed by atoms with E-state index in [2.05, 4.69) is 20.0 Å². The van der Waals surface area contributed by atoms with Crippen molar-refractivity contribution in [1.82, 2.24) is 24.7 Å². The molecule has 1 atom stereocenters. The van der Waals surface area contributed by atoms with Crippen LogP contribution in [0.15, 0.2) is 30.7 Å². The number of piperidine rings is 1. The van der Waals surface area contributed by atoms with Crippen molar-refractivity contribution in [3.05, 3.63) is 36.3 Å². The number of amides is 1. The lowest BCUT2D eigenvalue weighted by Gasteiger charge is -2.43. The number of hydrogen-bond donors (Lipinski definition) is 0. The van der Waals surface area contributed by atoms with Gasteiger partial charge in [-0.3, -0.25) is 9.69 Å². The highest BCUT2D eigenvalue weighted by Gasteiger charge is 2.52. The molecule has 190 valence electrons. The zero-order chi connectivity index (χ0) is 25.1. The van der Waals surface area contributed by atoms with Crippen LogP contribution in [0.25, 0.3) is 11.2 Å². The normalized spacial score (nSPS) is 22.6. The van der Waals surface area contributed by atoms with Gasteiger partial charge in [0.25, 0.3) is 0 Å². The summed E-state index contributed by atoms with van der Waals surface area (Å²) in [5.74, 6) is 0.970. The number of hydrogen-bond acceptors (Lipinski definition) is 7. The second-order valence-electron chi connectivity index (χ2n) is 9.83. The summed E-state index contributed by atoms with van der Waals surface area (Å²) in [6.07, 6.45) is 2.42. The van der Waals surface area contributed by atoms with Crippen molar-refractivity contribution in [3.8, 4) is 0 Å². The summed E-state index contributed by atoms with van der Waals surface area (Å²) in [4.78, 5) is 30.3. The van der Waals surface area contributed by atoms with Crippen LogP contribution in [0.4, 0.5) is 24.8 Å². The van der Waals surface area contributed by atoms with Crippen molar-refractivity contribution < 1.29 is 22.7 Å². The first-order chi connectivity index (χ1) is 17.3. The zero-order valence-electron chi connectivity index (χ0n) is 19.8. The SMILES string of the molecule is CCC1N(c2ccc(C(F)(F)F)cn2)C(=O)CC12CCN(c1cnc3cnn(C4COC4)c3n1)CC2. The van der Waals surface area contributed by atoms with Crippen molar-refractivity contribution in [2.45, 2.75) is 50.9 Å². The molecule has 0 N–H and O–H groups in total. The third-order valence-corrected chi connectivity index (χ3v) is 7.84. The molecule has 3 saturated heterocycles. The number of fused-ring (bicyclic) bond motifs is 1. The zero-order valence-corrected chi connectivity index (χ0v) is 19.8. The predicted molar refractivity (Wildman–Crippen MR) is 124 cm³/mol. The number of rotatable bonds is 4. The standard InChI is InChI=1S/C24H26F3N7O2/c1-2-18-23(9-21(35)33(18)19-4-3-15(10-29-19)24(25,26)27)5-7-32(8-6-23)20-12-28-17-11-30-34(22(17)31-20)16-13-36-14-16/h3-4,10-12,16,18H,2,5-9,13-14H2,1H3. The van der Waals surface area contributed by atoms with Crippen LogP contribution in [0.1, 0.15) is 44.2 Å². The number of nitrogens with zero attached hydrogens (tertiary/aromatic N) is 7. The predicted octanol–water partition coefficient (Wildman–Crippen LogP) is 3.61. The Morgan fingerprint density at radius 2 is 1.86 bits per heavy atom. The molecule has 3 aromatic rings. The molecule has 0 radical (unpaired) electrons. The molecule has 0 aromatic carbocycles. The van der Waals surface area contributed by atoms with Gasteiger partial charge in [0.15, 0.2) is 5.65 Å². The largest absolute Gasteiger partial charge is 0.417 e. The van der Waals surface area contributed by atoms with Gasteiger partial charge in [0.2, 0.25) is 5.91 Å². The van der Waals surface area contributed by atoms with Gasteiger partial charge in [0, 0.05) is 37.2 Å². The maximum Gasteiger partial charge on any atom is 0.417 e. The minimum Gasteiger partial charge on any atom is -0.377 e. The third kappa shape index (κ3) is 3.69. The lowest BCUT2D eigenvalue weighted by molar-refractivity contribution is -0.137. The summed E-state index contributed by atoms with van der Waals surface area (Å²) < 4.78 is 46.1. The fourth-order valence-corrected chi connectivity index (χ4v) is 5.84. The van der Waals surface area contributed by atoms with Crippen LogP contribution in [0.2, 0.25) is 0 Å². The van der Waals surface area contributed by atoms with E-state index in [1.807, 2.05) is 11.6 Å². The summed E-state index contributed by atoms with van der Waals surface area (Å²) in [6, 6.07) is 2.35. The van der Waals surface area contributed by atoms with Crippen molar-refractivity contribution in [3.63, 3.8) is 0 Å². The van der Waals surface area contributed by atoms with Crippen molar-refractivity contribution in [1.29, 1.82) is 0 Å². The van der Waals surface area contributed by atoms with Crippen LogP contribution in [0.5, 0.6) is 0 Å². The van der Waals surface area contributed by atoms with Crippen LogP contribution in [0, 0.1) is 5.41 Å². The first-order valence-electron chi connectivity index (χ1n) is 12.2. The fourth-order valence-electron chi connectivity index (χ4n) is 5.84. The molecular weight excluding hydrogens is 475 g/mol. The van der Waals surface area contributed by atoms with Gasteiger partial charge in [-0.1, -0.05) is 6.92 Å². The van der Waals surface area contributed by atoms with Gasteiger partial charge in [-0.05, 0) is 31.4 Å². The van der Waals surface area contributed by atoms with E-state index in [1.54, 1.807) is 17.3 Å². The average Bonchev–Trinajstić information content (AvgIpc) is 3.35. The molecule has 1 spiro atoms. The number of aromatic nitrogens is 5. The monoisotopic (exact) mass is 501 g/mol. The van der Waals surface area contributed by atoms with Crippen molar-refractivity contribution >= 4 is 28.7 Å². The highest BCUT2D eigenvalue weighted by molar-refractivity contribution is 5.96. The molecule has 6 heterocycles. The Kier molecular flexibility index (Phi) is 5.39. The van der Waals surface area contributed by atoms with Crippen LogP contribution in [-0.4, -0.2) is 63.0 Å². The molecule has 12 heteroatoms. The number of halogens is 3. The lowest BCUT2D eigenvalue weighted by Crippen LogP contribution is -2.47. The van der Waals surface area contributed by atoms with E-state index in [4.69, 9.17) is 9.72 Å². The molecule has 1 unspecified atom stereocenters. The number of carbonyl (C=O) groups is 1. The van der Waals surface area contributed by atoms with E-state index in [9.17, 15) is 18.0 Å². The summed E-state index contributed by atoms with van der Waals surface area (Å²) in [7, 11) is 0. The molecule has 1 amide bonds. The van der Waals surface area contributed by atoms with Crippen molar-refractivity contribution in [2.75, 3.05) is 36.1 Å². The summed E-state index contributed by atoms with van der Waals surface area (Å²) >= 11 is 0. The van der Waals surface area contributed by atoms with Crippen LogP contribution in [-0.2, 0) is 15.7 Å². The quantitative estimate of drug-likeness (QED) is 0.540. The molecule has 3 aliphatic rings. The van der Waals surface area contributed by atoms with Crippen LogP contribution < -0.4 is 9.80 Å². The second kappa shape index (κ2) is 8.39. The van der Waals surface area contributed by atoms with E-state index in [0.29, 0.717) is 39.1 Å². The molecule has 9 nitrogen and oxygen atoms in total.